The molecule has 0 aliphatic heterocycles. The zero-order valence-electron chi connectivity index (χ0n) is 7.88. The molecule has 14 heavy (non-hydrogen) atoms. The monoisotopic (exact) mass is 210 g/mol. The predicted molar refractivity (Wildman–Crippen MR) is 56.5 cm³/mol. The van der Waals surface area contributed by atoms with E-state index in [1.807, 2.05) is 19.1 Å². The molecule has 0 fully saturated rings. The van der Waals surface area contributed by atoms with Gasteiger partial charge in [-0.25, -0.2) is 0 Å². The predicted octanol–water partition coefficient (Wildman–Crippen LogP) is 3.14. The van der Waals surface area contributed by atoms with Gasteiger partial charge in [0.1, 0.15) is 11.3 Å². The summed E-state index contributed by atoms with van der Waals surface area (Å²) in [5.41, 5.74) is 1.49. The summed E-state index contributed by atoms with van der Waals surface area (Å²) in [6, 6.07) is 5.53. The highest BCUT2D eigenvalue weighted by Gasteiger charge is 2.08. The molecule has 2 rings (SSSR count). The Morgan fingerprint density at radius 3 is 2.79 bits per heavy atom. The van der Waals surface area contributed by atoms with Gasteiger partial charge in [0.05, 0.1) is 6.61 Å². The van der Waals surface area contributed by atoms with E-state index in [0.29, 0.717) is 5.02 Å². The smallest absolute Gasteiger partial charge is 0.139 e. The molecular weight excluding hydrogens is 200 g/mol. The number of aliphatic hydroxyl groups excluding tert-OH is 1. The molecule has 0 unspecified atom stereocenters. The number of hydrogen-bond acceptors (Lipinski definition) is 2. The number of aryl methyl sites for hydroxylation is 1. The number of fused-ring (bicyclic) bond motifs is 1. The molecule has 0 saturated carbocycles. The van der Waals surface area contributed by atoms with Crippen molar-refractivity contribution in [2.24, 2.45) is 0 Å². The van der Waals surface area contributed by atoms with E-state index in [-0.39, 0.29) is 6.61 Å². The van der Waals surface area contributed by atoms with E-state index in [1.165, 1.54) is 0 Å². The summed E-state index contributed by atoms with van der Waals surface area (Å²) in [4.78, 5) is 0. The molecule has 3 heteroatoms. The second-order valence-electron chi connectivity index (χ2n) is 3.21. The lowest BCUT2D eigenvalue weighted by atomic mass is 10.1. The van der Waals surface area contributed by atoms with Crippen molar-refractivity contribution in [2.45, 2.75) is 20.0 Å². The fraction of sp³-hybridized carbons (Fsp3) is 0.273. The van der Waals surface area contributed by atoms with Gasteiger partial charge in [-0.1, -0.05) is 18.5 Å². The Bertz CT molecular complexity index is 460. The molecule has 0 radical (unpaired) electrons. The van der Waals surface area contributed by atoms with Crippen LogP contribution >= 0.6 is 11.6 Å². The largest absolute Gasteiger partial charge is 0.461 e. The zero-order valence-corrected chi connectivity index (χ0v) is 8.64. The maximum Gasteiger partial charge on any atom is 0.139 e. The number of aliphatic hydroxyl groups is 1. The molecule has 1 aromatic carbocycles. The van der Waals surface area contributed by atoms with Crippen LogP contribution in [0.4, 0.5) is 0 Å². The molecule has 1 N–H and O–H groups in total. The van der Waals surface area contributed by atoms with E-state index in [2.05, 4.69) is 0 Å². The van der Waals surface area contributed by atoms with Gasteiger partial charge in [0.2, 0.25) is 0 Å². The Labute approximate surface area is 87.1 Å². The minimum atomic E-state index is -0.0479. The van der Waals surface area contributed by atoms with E-state index >= 15 is 0 Å². The molecule has 0 saturated heterocycles. The van der Waals surface area contributed by atoms with Gasteiger partial charge in [0.15, 0.2) is 0 Å². The van der Waals surface area contributed by atoms with Crippen LogP contribution < -0.4 is 0 Å². The molecule has 2 nitrogen and oxygen atoms in total. The van der Waals surface area contributed by atoms with Crippen molar-refractivity contribution in [3.8, 4) is 0 Å². The van der Waals surface area contributed by atoms with Crippen LogP contribution in [0.25, 0.3) is 11.0 Å². The van der Waals surface area contributed by atoms with Crippen LogP contribution in [0.1, 0.15) is 18.2 Å². The van der Waals surface area contributed by atoms with Gasteiger partial charge in [-0.05, 0) is 18.2 Å². The van der Waals surface area contributed by atoms with Crippen molar-refractivity contribution in [3.05, 3.63) is 34.5 Å². The third-order valence-corrected chi connectivity index (χ3v) is 2.45. The highest BCUT2D eigenvalue weighted by Crippen LogP contribution is 2.27. The first-order valence-corrected chi connectivity index (χ1v) is 4.94. The number of rotatable bonds is 2. The lowest BCUT2D eigenvalue weighted by Gasteiger charge is -1.98. The standard InChI is InChI=1S/C11H11ClO2/c1-2-10-5-7-3-9(12)4-8(6-13)11(7)14-10/h3-5,13H,2,6H2,1H3. The molecule has 0 aliphatic carbocycles. The first-order chi connectivity index (χ1) is 6.74. The van der Waals surface area contributed by atoms with Gasteiger partial charge in [-0.15, -0.1) is 0 Å². The van der Waals surface area contributed by atoms with Crippen LogP contribution in [0, 0.1) is 0 Å². The van der Waals surface area contributed by atoms with Gasteiger partial charge >= 0.3 is 0 Å². The number of halogens is 1. The summed E-state index contributed by atoms with van der Waals surface area (Å²) in [6.07, 6.45) is 0.844. The zero-order chi connectivity index (χ0) is 10.1. The molecule has 2 aromatic rings. The summed E-state index contributed by atoms with van der Waals surface area (Å²) in [6.45, 7) is 1.98. The first kappa shape index (κ1) is 9.56. The summed E-state index contributed by atoms with van der Waals surface area (Å²) < 4.78 is 5.58. The molecule has 0 spiro atoms. The van der Waals surface area contributed by atoms with Gasteiger partial charge in [-0.3, -0.25) is 0 Å². The van der Waals surface area contributed by atoms with E-state index in [9.17, 15) is 0 Å². The van der Waals surface area contributed by atoms with E-state index in [4.69, 9.17) is 21.1 Å². The van der Waals surface area contributed by atoms with Gasteiger partial charge in [-0.2, -0.15) is 0 Å². The molecular formula is C11H11ClO2. The molecule has 0 bridgehead atoms. The Morgan fingerprint density at radius 1 is 1.36 bits per heavy atom. The van der Waals surface area contributed by atoms with Crippen molar-refractivity contribution in [2.75, 3.05) is 0 Å². The lowest BCUT2D eigenvalue weighted by Crippen LogP contribution is -1.83. The lowest BCUT2D eigenvalue weighted by molar-refractivity contribution is 0.281. The number of furan rings is 1. The van der Waals surface area contributed by atoms with E-state index in [0.717, 1.165) is 28.7 Å². The van der Waals surface area contributed by atoms with E-state index < -0.39 is 0 Å². The van der Waals surface area contributed by atoms with E-state index in [1.54, 1.807) is 6.07 Å². The maximum absolute atomic E-state index is 9.12. The van der Waals surface area contributed by atoms with Gasteiger partial charge in [0.25, 0.3) is 0 Å². The topological polar surface area (TPSA) is 33.4 Å². The summed E-state index contributed by atoms with van der Waals surface area (Å²) in [5, 5.41) is 10.7. The second-order valence-corrected chi connectivity index (χ2v) is 3.64. The van der Waals surface area contributed by atoms with Crippen LogP contribution in [-0.2, 0) is 13.0 Å². The van der Waals surface area contributed by atoms with Gasteiger partial charge < -0.3 is 9.52 Å². The first-order valence-electron chi connectivity index (χ1n) is 4.56. The van der Waals surface area contributed by atoms with Crippen molar-refractivity contribution in [3.63, 3.8) is 0 Å². The highest BCUT2D eigenvalue weighted by atomic mass is 35.5. The fourth-order valence-corrected chi connectivity index (χ4v) is 1.78. The van der Waals surface area contributed by atoms with Crippen molar-refractivity contribution in [1.82, 2.24) is 0 Å². The van der Waals surface area contributed by atoms with Gasteiger partial charge in [0, 0.05) is 22.4 Å². The molecule has 0 aliphatic rings. The normalized spacial score (nSPS) is 11.1. The molecule has 1 aromatic heterocycles. The average Bonchev–Trinajstić information content (AvgIpc) is 2.59. The van der Waals surface area contributed by atoms with Crippen molar-refractivity contribution >= 4 is 22.6 Å². The third kappa shape index (κ3) is 1.51. The Balaban J connectivity index is 2.71. The minimum absolute atomic E-state index is 0.0479. The van der Waals surface area contributed by atoms with Crippen LogP contribution in [0.2, 0.25) is 5.02 Å². The van der Waals surface area contributed by atoms with Crippen molar-refractivity contribution < 1.29 is 9.52 Å². The third-order valence-electron chi connectivity index (χ3n) is 2.23. The molecule has 0 atom stereocenters. The number of hydrogen-bond donors (Lipinski definition) is 1. The van der Waals surface area contributed by atoms with Crippen molar-refractivity contribution in [1.29, 1.82) is 0 Å². The Hall–Kier alpha value is -0.990. The second kappa shape index (κ2) is 3.64. The maximum atomic E-state index is 9.12. The Morgan fingerprint density at radius 2 is 2.14 bits per heavy atom. The SMILES string of the molecule is CCc1cc2cc(Cl)cc(CO)c2o1. The summed E-state index contributed by atoms with van der Waals surface area (Å²) in [5.74, 6) is 0.914. The van der Waals surface area contributed by atoms with Crippen LogP contribution in [0.15, 0.2) is 22.6 Å². The minimum Gasteiger partial charge on any atom is -0.461 e. The Kier molecular flexibility index (Phi) is 2.48. The number of benzene rings is 1. The highest BCUT2D eigenvalue weighted by molar-refractivity contribution is 6.31. The summed E-state index contributed by atoms with van der Waals surface area (Å²) in [7, 11) is 0. The van der Waals surface area contributed by atoms with Crippen LogP contribution in [0.5, 0.6) is 0 Å². The molecule has 74 valence electrons. The quantitative estimate of drug-likeness (QED) is 0.826. The fourth-order valence-electron chi connectivity index (χ4n) is 1.53. The molecule has 1 heterocycles. The van der Waals surface area contributed by atoms with Crippen LogP contribution in [0.3, 0.4) is 0 Å². The summed E-state index contributed by atoms with van der Waals surface area (Å²) >= 11 is 5.90. The molecule has 0 amide bonds. The van der Waals surface area contributed by atoms with Crippen LogP contribution in [-0.4, -0.2) is 5.11 Å². The average molecular weight is 211 g/mol.